The number of hydrogen-bond donors (Lipinski definition) is 5. The van der Waals surface area contributed by atoms with E-state index < -0.39 is 24.9 Å². The van der Waals surface area contributed by atoms with E-state index in [-0.39, 0.29) is 13.0 Å². The number of aliphatic hydroxyl groups is 5. The molecule has 0 aromatic rings. The Morgan fingerprint density at radius 1 is 0.909 bits per heavy atom. The molecule has 0 radical (unpaired) electrons. The topological polar surface area (TPSA) is 101 Å². The van der Waals surface area contributed by atoms with Crippen LogP contribution in [0.1, 0.15) is 6.42 Å². The van der Waals surface area contributed by atoms with E-state index in [0.29, 0.717) is 0 Å². The molecular formula is C6H14O5. The van der Waals surface area contributed by atoms with E-state index in [1.165, 1.54) is 0 Å². The molecule has 0 aliphatic heterocycles. The fourth-order valence-electron chi connectivity index (χ4n) is 0.667. The Hall–Kier alpha value is -0.200. The van der Waals surface area contributed by atoms with Gasteiger partial charge in [0.15, 0.2) is 0 Å². The van der Waals surface area contributed by atoms with E-state index in [0.717, 1.165) is 0 Å². The summed E-state index contributed by atoms with van der Waals surface area (Å²) in [7, 11) is 0. The Balaban J connectivity index is 3.70. The van der Waals surface area contributed by atoms with Crippen LogP contribution >= 0.6 is 0 Å². The molecule has 0 bridgehead atoms. The lowest BCUT2D eigenvalue weighted by Crippen LogP contribution is -2.39. The maximum atomic E-state index is 8.95. The van der Waals surface area contributed by atoms with Crippen LogP contribution in [-0.2, 0) is 0 Å². The van der Waals surface area contributed by atoms with E-state index >= 15 is 0 Å². The van der Waals surface area contributed by atoms with E-state index in [1.807, 2.05) is 0 Å². The van der Waals surface area contributed by atoms with Gasteiger partial charge in [-0.1, -0.05) is 0 Å². The summed E-state index contributed by atoms with van der Waals surface area (Å²) in [6.45, 7) is -0.875. The third kappa shape index (κ3) is 3.64. The van der Waals surface area contributed by atoms with Crippen LogP contribution < -0.4 is 0 Å². The average Bonchev–Trinajstić information content (AvgIpc) is 2.02. The standard InChI is InChI=1S/C6H14O5/c7-2-1-4(9)6(11)5(10)3-8/h4-11H,1-3H2/t4-,5-,6-/m0/s1. The summed E-state index contributed by atoms with van der Waals surface area (Å²) in [6.07, 6.45) is -3.95. The Labute approximate surface area is 64.5 Å². The highest BCUT2D eigenvalue weighted by Gasteiger charge is 2.22. The summed E-state index contributed by atoms with van der Waals surface area (Å²) < 4.78 is 0. The normalized spacial score (nSPS) is 19.4. The zero-order chi connectivity index (χ0) is 8.85. The maximum absolute atomic E-state index is 8.95. The highest BCUT2D eigenvalue weighted by atomic mass is 16.4. The van der Waals surface area contributed by atoms with Crippen molar-refractivity contribution in [3.05, 3.63) is 0 Å². The van der Waals surface area contributed by atoms with Crippen molar-refractivity contribution in [2.45, 2.75) is 24.7 Å². The summed E-state index contributed by atoms with van der Waals surface area (Å²) in [5.74, 6) is 0. The molecule has 0 amide bonds. The first-order valence-corrected chi connectivity index (χ1v) is 3.39. The summed E-state index contributed by atoms with van der Waals surface area (Å²) in [5, 5.41) is 43.3. The summed E-state index contributed by atoms with van der Waals surface area (Å²) in [6, 6.07) is 0. The number of rotatable bonds is 5. The molecule has 0 saturated heterocycles. The minimum absolute atomic E-state index is 0.0156. The zero-order valence-electron chi connectivity index (χ0n) is 6.09. The van der Waals surface area contributed by atoms with Crippen molar-refractivity contribution in [2.24, 2.45) is 0 Å². The molecule has 0 aromatic heterocycles. The van der Waals surface area contributed by atoms with Gasteiger partial charge in [0.25, 0.3) is 0 Å². The van der Waals surface area contributed by atoms with Crippen LogP contribution in [0, 0.1) is 0 Å². The Morgan fingerprint density at radius 3 is 1.82 bits per heavy atom. The molecule has 5 nitrogen and oxygen atoms in total. The van der Waals surface area contributed by atoms with Gasteiger partial charge < -0.3 is 25.5 Å². The fourth-order valence-corrected chi connectivity index (χ4v) is 0.667. The molecule has 0 aliphatic rings. The van der Waals surface area contributed by atoms with Gasteiger partial charge in [0.05, 0.1) is 12.7 Å². The van der Waals surface area contributed by atoms with E-state index in [2.05, 4.69) is 0 Å². The van der Waals surface area contributed by atoms with Crippen LogP contribution in [0.25, 0.3) is 0 Å². The third-order valence-electron chi connectivity index (χ3n) is 1.40. The molecule has 68 valence electrons. The van der Waals surface area contributed by atoms with Crippen LogP contribution in [0.2, 0.25) is 0 Å². The molecule has 0 saturated carbocycles. The molecule has 0 unspecified atom stereocenters. The van der Waals surface area contributed by atoms with Gasteiger partial charge in [-0.05, 0) is 6.42 Å². The third-order valence-corrected chi connectivity index (χ3v) is 1.40. The zero-order valence-corrected chi connectivity index (χ0v) is 6.09. The Kier molecular flexibility index (Phi) is 5.35. The average molecular weight is 166 g/mol. The van der Waals surface area contributed by atoms with Gasteiger partial charge in [-0.3, -0.25) is 0 Å². The molecule has 5 N–H and O–H groups in total. The van der Waals surface area contributed by atoms with Gasteiger partial charge >= 0.3 is 0 Å². The van der Waals surface area contributed by atoms with Crippen molar-refractivity contribution in [3.8, 4) is 0 Å². The van der Waals surface area contributed by atoms with Gasteiger partial charge in [-0.15, -0.1) is 0 Å². The predicted molar refractivity (Wildman–Crippen MR) is 36.8 cm³/mol. The molecule has 0 spiro atoms. The molecule has 0 fully saturated rings. The second kappa shape index (κ2) is 5.45. The van der Waals surface area contributed by atoms with Gasteiger partial charge in [-0.2, -0.15) is 0 Å². The first-order valence-electron chi connectivity index (χ1n) is 3.39. The minimum atomic E-state index is -1.40. The van der Waals surface area contributed by atoms with Crippen molar-refractivity contribution >= 4 is 0 Å². The smallest absolute Gasteiger partial charge is 0.108 e. The first-order chi connectivity index (χ1) is 5.13. The van der Waals surface area contributed by atoms with Crippen molar-refractivity contribution in [2.75, 3.05) is 13.2 Å². The van der Waals surface area contributed by atoms with Crippen molar-refractivity contribution in [1.82, 2.24) is 0 Å². The molecule has 0 heterocycles. The van der Waals surface area contributed by atoms with Gasteiger partial charge in [0.2, 0.25) is 0 Å². The molecule has 3 atom stereocenters. The van der Waals surface area contributed by atoms with Crippen LogP contribution in [0.15, 0.2) is 0 Å². The summed E-state index contributed by atoms with van der Waals surface area (Å²) >= 11 is 0. The quantitative estimate of drug-likeness (QED) is 0.309. The maximum Gasteiger partial charge on any atom is 0.108 e. The second-order valence-corrected chi connectivity index (χ2v) is 2.32. The molecule has 5 heteroatoms. The van der Waals surface area contributed by atoms with Gasteiger partial charge in [0.1, 0.15) is 12.2 Å². The van der Waals surface area contributed by atoms with E-state index in [4.69, 9.17) is 25.5 Å². The highest BCUT2D eigenvalue weighted by molar-refractivity contribution is 4.73. The van der Waals surface area contributed by atoms with Gasteiger partial charge in [-0.25, -0.2) is 0 Å². The van der Waals surface area contributed by atoms with Crippen LogP contribution in [0.4, 0.5) is 0 Å². The van der Waals surface area contributed by atoms with Crippen LogP contribution in [-0.4, -0.2) is 57.1 Å². The lowest BCUT2D eigenvalue weighted by molar-refractivity contribution is -0.0813. The highest BCUT2D eigenvalue weighted by Crippen LogP contribution is 2.02. The van der Waals surface area contributed by atoms with Crippen LogP contribution in [0.5, 0.6) is 0 Å². The summed E-state index contributed by atoms with van der Waals surface area (Å²) in [5.41, 5.74) is 0. The minimum Gasteiger partial charge on any atom is -0.396 e. The largest absolute Gasteiger partial charge is 0.396 e. The lowest BCUT2D eigenvalue weighted by Gasteiger charge is -2.20. The molecule has 0 aromatic carbocycles. The monoisotopic (exact) mass is 166 g/mol. The fraction of sp³-hybridized carbons (Fsp3) is 1.00. The van der Waals surface area contributed by atoms with Crippen molar-refractivity contribution in [3.63, 3.8) is 0 Å². The van der Waals surface area contributed by atoms with E-state index in [1.54, 1.807) is 0 Å². The van der Waals surface area contributed by atoms with Gasteiger partial charge in [0, 0.05) is 6.61 Å². The Bertz CT molecular complexity index is 97.0. The number of hydrogen-bond acceptors (Lipinski definition) is 5. The van der Waals surface area contributed by atoms with Crippen molar-refractivity contribution in [1.29, 1.82) is 0 Å². The molecular weight excluding hydrogens is 152 g/mol. The lowest BCUT2D eigenvalue weighted by atomic mass is 10.1. The van der Waals surface area contributed by atoms with Crippen molar-refractivity contribution < 1.29 is 25.5 Å². The molecule has 0 rings (SSSR count). The first kappa shape index (κ1) is 10.8. The second-order valence-electron chi connectivity index (χ2n) is 2.32. The molecule has 0 aliphatic carbocycles. The summed E-state index contributed by atoms with van der Waals surface area (Å²) in [4.78, 5) is 0. The van der Waals surface area contributed by atoms with Crippen LogP contribution in [0.3, 0.4) is 0 Å². The SMILES string of the molecule is OCC[C@H](O)[C@H](O)[C@@H](O)CO. The molecule has 11 heavy (non-hydrogen) atoms. The predicted octanol–water partition coefficient (Wildman–Crippen LogP) is -2.56. The van der Waals surface area contributed by atoms with E-state index in [9.17, 15) is 0 Å². The number of aliphatic hydroxyl groups excluding tert-OH is 5. The Morgan fingerprint density at radius 2 is 1.45 bits per heavy atom.